The number of phosphoric acid groups is 2. The smallest absolute Gasteiger partial charge is 0.390 e. The Balaban J connectivity index is 1.59. The van der Waals surface area contributed by atoms with Crippen molar-refractivity contribution in [2.75, 3.05) is 6.61 Å². The maximum atomic E-state index is 12.2. The molecule has 0 aliphatic carbocycles. The topological polar surface area (TPSA) is 262 Å². The second kappa shape index (κ2) is 10.6. The summed E-state index contributed by atoms with van der Waals surface area (Å²) in [6.07, 6.45) is -8.81. The molecule has 0 saturated carbocycles. The summed E-state index contributed by atoms with van der Waals surface area (Å²) in [4.78, 5) is 45.2. The maximum absolute atomic E-state index is 12.2. The van der Waals surface area contributed by atoms with Gasteiger partial charge >= 0.3 is 21.3 Å². The van der Waals surface area contributed by atoms with Crippen molar-refractivity contribution in [3.05, 3.63) is 32.6 Å². The Morgan fingerprint density at radius 3 is 2.49 bits per heavy atom. The molecule has 0 aromatic carbocycles. The minimum atomic E-state index is -5.40. The molecule has 35 heavy (non-hydrogen) atoms. The van der Waals surface area contributed by atoms with Gasteiger partial charge in [-0.25, -0.2) is 13.9 Å². The van der Waals surface area contributed by atoms with E-state index in [1.165, 1.54) is 20.0 Å². The van der Waals surface area contributed by atoms with Crippen molar-refractivity contribution in [1.29, 1.82) is 0 Å². The third kappa shape index (κ3) is 6.72. The van der Waals surface area contributed by atoms with Gasteiger partial charge < -0.3 is 40.3 Å². The number of aliphatic hydroxyl groups excluding tert-OH is 3. The molecule has 200 valence electrons. The number of phosphoric ester groups is 2. The number of H-pyrrole nitrogens is 1. The van der Waals surface area contributed by atoms with Gasteiger partial charge in [0.15, 0.2) is 6.29 Å². The molecule has 1 aromatic rings. The number of ether oxygens (including phenoxy) is 2. The van der Waals surface area contributed by atoms with E-state index in [1.807, 2.05) is 0 Å². The molecule has 2 aliphatic rings. The highest BCUT2D eigenvalue weighted by Gasteiger charge is 2.47. The van der Waals surface area contributed by atoms with Crippen LogP contribution in [-0.4, -0.2) is 84.1 Å². The van der Waals surface area contributed by atoms with Gasteiger partial charge in [0.05, 0.1) is 24.9 Å². The highest BCUT2D eigenvalue weighted by atomic mass is 31.3. The van der Waals surface area contributed by atoms with Crippen LogP contribution in [0.4, 0.5) is 0 Å². The summed E-state index contributed by atoms with van der Waals surface area (Å²) in [5.74, 6) is 0. The van der Waals surface area contributed by atoms with E-state index in [9.17, 15) is 43.8 Å². The van der Waals surface area contributed by atoms with Crippen LogP contribution in [0.2, 0.25) is 0 Å². The number of hydrogen-bond donors (Lipinski definition) is 7. The molecular weight excluding hydrogens is 520 g/mol. The second-order valence-electron chi connectivity index (χ2n) is 8.10. The van der Waals surface area contributed by atoms with Crippen molar-refractivity contribution in [3.8, 4) is 0 Å². The molecule has 3 heterocycles. The second-order valence-corrected chi connectivity index (χ2v) is 11.1. The molecule has 0 bridgehead atoms. The minimum Gasteiger partial charge on any atom is -0.390 e. The lowest BCUT2D eigenvalue weighted by atomic mass is 9.98. The van der Waals surface area contributed by atoms with E-state index in [2.05, 4.69) is 18.3 Å². The largest absolute Gasteiger partial charge is 0.483 e. The van der Waals surface area contributed by atoms with Crippen molar-refractivity contribution in [2.24, 2.45) is 5.73 Å². The number of nitrogens with two attached hydrogens (primary N) is 1. The summed E-state index contributed by atoms with van der Waals surface area (Å²) in [5, 5.41) is 29.9. The zero-order chi connectivity index (χ0) is 26.3. The predicted octanol–water partition coefficient (Wildman–Crippen LogP) is -2.46. The number of aromatic amines is 1. The molecular formula is C16H27N3O14P2. The number of nitrogens with zero attached hydrogens (tertiary/aromatic N) is 1. The maximum Gasteiger partial charge on any atom is 0.483 e. The predicted molar refractivity (Wildman–Crippen MR) is 113 cm³/mol. The van der Waals surface area contributed by atoms with Crippen LogP contribution in [0.3, 0.4) is 0 Å². The fourth-order valence-corrected chi connectivity index (χ4v) is 5.60. The third-order valence-electron chi connectivity index (χ3n) is 5.42. The normalized spacial score (nSPS) is 37.0. The molecule has 0 spiro atoms. The molecule has 0 amide bonds. The van der Waals surface area contributed by atoms with Crippen LogP contribution in [0.25, 0.3) is 0 Å². The first-order valence-corrected chi connectivity index (χ1v) is 13.2. The van der Waals surface area contributed by atoms with Gasteiger partial charge in [0.1, 0.15) is 24.5 Å². The molecule has 3 unspecified atom stereocenters. The van der Waals surface area contributed by atoms with Crippen LogP contribution in [0.15, 0.2) is 15.8 Å². The number of hydrogen-bond acceptors (Lipinski definition) is 13. The Bertz CT molecular complexity index is 1130. The number of rotatable bonds is 8. The number of aryl methyl sites for hydroxylation is 1. The highest BCUT2D eigenvalue weighted by molar-refractivity contribution is 7.61. The van der Waals surface area contributed by atoms with E-state index in [0.717, 1.165) is 4.57 Å². The Labute approximate surface area is 197 Å². The number of aromatic nitrogens is 2. The number of aliphatic hydroxyl groups is 3. The monoisotopic (exact) mass is 547 g/mol. The Kier molecular flexibility index (Phi) is 8.56. The van der Waals surface area contributed by atoms with Crippen LogP contribution in [0.5, 0.6) is 0 Å². The Morgan fingerprint density at radius 2 is 1.83 bits per heavy atom. The molecule has 10 atom stereocenters. The van der Waals surface area contributed by atoms with Crippen molar-refractivity contribution in [1.82, 2.24) is 9.55 Å². The van der Waals surface area contributed by atoms with Gasteiger partial charge in [-0.05, 0) is 13.8 Å². The average molecular weight is 547 g/mol. The lowest BCUT2D eigenvalue weighted by molar-refractivity contribution is -0.242. The van der Waals surface area contributed by atoms with E-state index in [1.54, 1.807) is 0 Å². The standard InChI is InChI=1S/C16H27N3O14P2/c1-6-4-19(16(24)18-14(6)23)10-3-8(20)9(31-10)5-29-34(25,26)33-35(27,28)32-15-13(22)12(21)11(17)7(2)30-15/h4,7-13,15,20-22H,3,5,17H2,1-2H3,(H,25,26)(H,27,28)(H,18,23,24)/t7-,8+,9-,10-,11+,12+,13-,15?/m1/s1. The summed E-state index contributed by atoms with van der Waals surface area (Å²) in [7, 11) is -10.7. The van der Waals surface area contributed by atoms with E-state index in [0.29, 0.717) is 0 Å². The first-order valence-electron chi connectivity index (χ1n) is 10.2. The summed E-state index contributed by atoms with van der Waals surface area (Å²) in [6.45, 7) is 2.03. The zero-order valence-electron chi connectivity index (χ0n) is 18.4. The van der Waals surface area contributed by atoms with Crippen LogP contribution >= 0.6 is 15.6 Å². The highest BCUT2D eigenvalue weighted by Crippen LogP contribution is 2.61. The van der Waals surface area contributed by atoms with E-state index in [4.69, 9.17) is 15.2 Å². The average Bonchev–Trinajstić information content (AvgIpc) is 3.11. The zero-order valence-corrected chi connectivity index (χ0v) is 20.2. The van der Waals surface area contributed by atoms with Gasteiger partial charge in [-0.3, -0.25) is 23.4 Å². The van der Waals surface area contributed by atoms with Crippen molar-refractivity contribution < 1.29 is 57.1 Å². The summed E-state index contributed by atoms with van der Waals surface area (Å²) < 4.78 is 49.3. The van der Waals surface area contributed by atoms with E-state index >= 15 is 0 Å². The molecule has 2 fully saturated rings. The van der Waals surface area contributed by atoms with Crippen molar-refractivity contribution >= 4 is 15.6 Å². The first kappa shape index (κ1) is 28.3. The molecule has 17 nitrogen and oxygen atoms in total. The fraction of sp³-hybridized carbons (Fsp3) is 0.750. The van der Waals surface area contributed by atoms with Gasteiger partial charge in [0.25, 0.3) is 5.56 Å². The summed E-state index contributed by atoms with van der Waals surface area (Å²) >= 11 is 0. The minimum absolute atomic E-state index is 0.142. The lowest BCUT2D eigenvalue weighted by Gasteiger charge is -2.39. The van der Waals surface area contributed by atoms with Gasteiger partial charge in [0, 0.05) is 18.2 Å². The third-order valence-corrected chi connectivity index (χ3v) is 8.02. The van der Waals surface area contributed by atoms with Crippen LogP contribution in [0.1, 0.15) is 25.1 Å². The van der Waals surface area contributed by atoms with E-state index < -0.39 is 82.6 Å². The molecule has 0 radical (unpaired) electrons. The van der Waals surface area contributed by atoms with Crippen LogP contribution in [0, 0.1) is 6.92 Å². The Hall–Kier alpha value is -1.30. The quantitative estimate of drug-likeness (QED) is 0.166. The van der Waals surface area contributed by atoms with Crippen molar-refractivity contribution in [2.45, 2.75) is 69.3 Å². The van der Waals surface area contributed by atoms with E-state index in [-0.39, 0.29) is 12.0 Å². The SMILES string of the molecule is Cc1cn([C@H]2C[C@H](O)[C@@H](COP(=O)(O)OP(=O)(O)OC3O[C@H](C)[C@H](N)[C@H](O)[C@H]3O)O2)c(=O)[nH]c1=O. The molecule has 8 N–H and O–H groups in total. The van der Waals surface area contributed by atoms with Crippen LogP contribution < -0.4 is 17.0 Å². The first-order chi connectivity index (χ1) is 16.1. The molecule has 3 rings (SSSR count). The molecule has 2 aliphatic heterocycles. The molecule has 1 aromatic heterocycles. The van der Waals surface area contributed by atoms with Gasteiger partial charge in [-0.1, -0.05) is 0 Å². The van der Waals surface area contributed by atoms with Gasteiger partial charge in [-0.15, -0.1) is 0 Å². The van der Waals surface area contributed by atoms with Crippen molar-refractivity contribution in [3.63, 3.8) is 0 Å². The summed E-state index contributed by atoms with van der Waals surface area (Å²) in [5.41, 5.74) is 4.39. The van der Waals surface area contributed by atoms with Gasteiger partial charge in [0.2, 0.25) is 0 Å². The van der Waals surface area contributed by atoms with Crippen LogP contribution in [-0.2, 0) is 32.0 Å². The molecule has 2 saturated heterocycles. The number of nitrogens with one attached hydrogen (secondary N) is 1. The fourth-order valence-electron chi connectivity index (χ4n) is 3.44. The Morgan fingerprint density at radius 1 is 1.17 bits per heavy atom. The lowest BCUT2D eigenvalue weighted by Crippen LogP contribution is -2.60. The van der Waals surface area contributed by atoms with Gasteiger partial charge in [-0.2, -0.15) is 4.31 Å². The summed E-state index contributed by atoms with van der Waals surface area (Å²) in [6, 6.07) is -1.03. The molecule has 19 heteroatoms.